The van der Waals surface area contributed by atoms with Crippen LogP contribution in [0, 0.1) is 21.7 Å². The van der Waals surface area contributed by atoms with E-state index < -0.39 is 0 Å². The fraction of sp³-hybridized carbons (Fsp3) is 0.600. The highest BCUT2D eigenvalue weighted by Gasteiger charge is 2.58. The molecule has 2 fully saturated rings. The van der Waals surface area contributed by atoms with Crippen molar-refractivity contribution in [3.8, 4) is 0 Å². The maximum absolute atomic E-state index is 5.43. The lowest BCUT2D eigenvalue weighted by molar-refractivity contribution is 0.176. The topological polar surface area (TPSA) is 0 Å². The smallest absolute Gasteiger partial charge is 0.0894 e. The molecule has 2 heterocycles. The Morgan fingerprint density at radius 2 is 0.889 bits per heavy atom. The fourth-order valence-corrected chi connectivity index (χ4v) is 16.3. The normalized spacial score (nSPS) is 34.7. The van der Waals surface area contributed by atoms with Gasteiger partial charge in [0.25, 0.3) is 0 Å². The molecule has 0 nitrogen and oxygen atoms in total. The monoisotopic (exact) mass is 594 g/mol. The van der Waals surface area contributed by atoms with Crippen LogP contribution in [0.1, 0.15) is 79.4 Å². The predicted octanol–water partition coefficient (Wildman–Crippen LogP) is 11.0. The molecule has 2 aromatic rings. The summed E-state index contributed by atoms with van der Waals surface area (Å²) in [7, 11) is 4.17. The van der Waals surface area contributed by atoms with Gasteiger partial charge >= 0.3 is 0 Å². The van der Waals surface area contributed by atoms with Crippen LogP contribution in [-0.2, 0) is 8.16 Å². The van der Waals surface area contributed by atoms with E-state index in [2.05, 4.69) is 161 Å². The lowest BCUT2D eigenvalue weighted by atomic mass is 9.71. The number of hydrogen-bond donors (Lipinski definition) is 2. The first kappa shape index (κ1) is 29.5. The molecule has 6 heteroatoms. The van der Waals surface area contributed by atoms with Gasteiger partial charge in [0.2, 0.25) is 0 Å². The molecule has 2 aliphatic heterocycles. The van der Waals surface area contributed by atoms with Gasteiger partial charge in [0.1, 0.15) is 0 Å². The second kappa shape index (κ2) is 10.2. The van der Waals surface area contributed by atoms with Gasteiger partial charge in [-0.1, -0.05) is 138 Å². The van der Waals surface area contributed by atoms with Gasteiger partial charge in [0.15, 0.2) is 0 Å². The van der Waals surface area contributed by atoms with Gasteiger partial charge in [-0.2, -0.15) is 25.3 Å². The first-order valence-corrected chi connectivity index (χ1v) is 17.7. The van der Waals surface area contributed by atoms with E-state index >= 15 is 0 Å². The first-order chi connectivity index (χ1) is 16.5. The van der Waals surface area contributed by atoms with Crippen molar-refractivity contribution in [2.75, 3.05) is 0 Å². The molecule has 0 saturated carbocycles. The van der Waals surface area contributed by atoms with Crippen molar-refractivity contribution in [1.29, 1.82) is 0 Å². The molecule has 0 N–H and O–H groups in total. The van der Waals surface area contributed by atoms with Crippen LogP contribution in [0.25, 0.3) is 0 Å². The van der Waals surface area contributed by atoms with E-state index in [0.717, 1.165) is 12.8 Å². The van der Waals surface area contributed by atoms with Crippen LogP contribution < -0.4 is 0 Å². The number of rotatable bonds is 5. The third-order valence-electron chi connectivity index (χ3n) is 8.02. The van der Waals surface area contributed by atoms with Crippen LogP contribution in [0.4, 0.5) is 0 Å². The maximum Gasteiger partial charge on any atom is 0.0894 e. The number of benzene rings is 2. The Balaban J connectivity index is 1.59. The van der Waals surface area contributed by atoms with E-state index in [9.17, 15) is 0 Å². The molecule has 2 saturated heterocycles. The second-order valence-electron chi connectivity index (χ2n) is 13.2. The highest BCUT2D eigenvalue weighted by Crippen LogP contribution is 2.72. The third-order valence-corrected chi connectivity index (χ3v) is 19.5. The Kier molecular flexibility index (Phi) is 8.35. The lowest BCUT2D eigenvalue weighted by Gasteiger charge is -2.57. The van der Waals surface area contributed by atoms with Crippen LogP contribution >= 0.6 is 70.4 Å². The van der Waals surface area contributed by atoms with Crippen molar-refractivity contribution in [3.63, 3.8) is 0 Å². The van der Waals surface area contributed by atoms with Crippen molar-refractivity contribution in [1.82, 2.24) is 0 Å². The van der Waals surface area contributed by atoms with Gasteiger partial charge in [-0.25, -0.2) is 0 Å². The Morgan fingerprint density at radius 3 is 1.19 bits per heavy atom. The highest BCUT2D eigenvalue weighted by atomic mass is 33.1. The average Bonchev–Trinajstić information content (AvgIpc) is 2.78. The molecule has 4 rings (SSSR count). The summed E-state index contributed by atoms with van der Waals surface area (Å²) < 4.78 is 0.420. The molecule has 2 aromatic carbocycles. The molecule has 0 aliphatic carbocycles. The molecule has 198 valence electrons. The van der Waals surface area contributed by atoms with Gasteiger partial charge in [-0.05, 0) is 45.6 Å². The van der Waals surface area contributed by atoms with Gasteiger partial charge in [0, 0.05) is 0 Å². The molecule has 0 amide bonds. The molecule has 0 aromatic heterocycles. The van der Waals surface area contributed by atoms with Crippen LogP contribution in [0.15, 0.2) is 60.7 Å². The van der Waals surface area contributed by atoms with E-state index in [-0.39, 0.29) is 29.8 Å². The summed E-state index contributed by atoms with van der Waals surface area (Å²) in [5.74, 6) is 0. The summed E-state index contributed by atoms with van der Waals surface area (Å²) in [5, 5.41) is 0. The molecular weight excluding hydrogens is 553 g/mol. The van der Waals surface area contributed by atoms with Gasteiger partial charge in [-0.15, -0.1) is 23.5 Å². The number of thioether (sulfide) groups is 2. The Hall–Kier alpha value is 0.540. The van der Waals surface area contributed by atoms with Gasteiger partial charge < -0.3 is 0 Å². The third kappa shape index (κ3) is 5.31. The highest BCUT2D eigenvalue weighted by molar-refractivity contribution is 8.80. The maximum atomic E-state index is 5.43. The van der Waals surface area contributed by atoms with Crippen LogP contribution in [0.2, 0.25) is 0 Å². The average molecular weight is 595 g/mol. The van der Waals surface area contributed by atoms with Crippen molar-refractivity contribution in [3.05, 3.63) is 71.8 Å². The molecule has 0 radical (unpaired) electrons. The minimum absolute atomic E-state index is 0.0732. The molecule has 2 aliphatic rings. The van der Waals surface area contributed by atoms with Crippen molar-refractivity contribution >= 4 is 70.4 Å². The van der Waals surface area contributed by atoms with E-state index in [1.165, 1.54) is 11.1 Å². The minimum Gasteiger partial charge on any atom is -0.156 e. The molecule has 4 atom stereocenters. The summed E-state index contributed by atoms with van der Waals surface area (Å²) in [6.45, 7) is 19.4. The quantitative estimate of drug-likeness (QED) is 0.261. The predicted molar refractivity (Wildman–Crippen MR) is 177 cm³/mol. The minimum atomic E-state index is -0.226. The van der Waals surface area contributed by atoms with E-state index in [4.69, 9.17) is 25.3 Å². The molecule has 36 heavy (non-hydrogen) atoms. The van der Waals surface area contributed by atoms with E-state index in [1.54, 1.807) is 0 Å². The SMILES string of the molecule is CC1(C)CC(C)(C)[C@@](S)(c2ccccc2)S[C@H]1SS[C@H]1S[C@@](S)(c2ccccc2)C(C)(C)CC1(C)C. The number of thiol groups is 2. The molecule has 0 bridgehead atoms. The summed E-state index contributed by atoms with van der Waals surface area (Å²) >= 11 is 15.0. The van der Waals surface area contributed by atoms with E-state index in [0.29, 0.717) is 9.16 Å². The largest absolute Gasteiger partial charge is 0.156 e. The van der Waals surface area contributed by atoms with Crippen molar-refractivity contribution in [2.24, 2.45) is 21.7 Å². The fourth-order valence-electron chi connectivity index (χ4n) is 6.28. The number of hydrogen-bond acceptors (Lipinski definition) is 6. The Bertz CT molecular complexity index is 962. The van der Waals surface area contributed by atoms with Gasteiger partial charge in [0.05, 0.1) is 17.3 Å². The van der Waals surface area contributed by atoms with Crippen LogP contribution in [0.3, 0.4) is 0 Å². The molecule has 0 unspecified atom stereocenters. The van der Waals surface area contributed by atoms with Crippen molar-refractivity contribution < 1.29 is 0 Å². The summed E-state index contributed by atoms with van der Waals surface area (Å²) in [4.78, 5) is 0. The Labute approximate surface area is 247 Å². The van der Waals surface area contributed by atoms with Gasteiger partial charge in [-0.3, -0.25) is 0 Å². The standard InChI is InChI=1S/C30H42S6/c1-25(2)19-27(5,6)29(31,21-15-11-9-12-16-21)33-23(25)35-36-24-26(3,4)20-28(7,8)30(32,34-24)22-17-13-10-14-18-22/h9-18,23-24,31-32H,19-20H2,1-8H3/t23-,24+,29+,30-. The Morgan fingerprint density at radius 1 is 0.583 bits per heavy atom. The first-order valence-electron chi connectivity index (χ1n) is 12.8. The summed E-state index contributed by atoms with van der Waals surface area (Å²) in [6.07, 6.45) is 2.27. The van der Waals surface area contributed by atoms with Crippen LogP contribution in [0.5, 0.6) is 0 Å². The lowest BCUT2D eigenvalue weighted by Crippen LogP contribution is -2.48. The van der Waals surface area contributed by atoms with E-state index in [1.807, 2.05) is 0 Å². The second-order valence-corrected chi connectivity index (χ2v) is 20.9. The zero-order chi connectivity index (χ0) is 26.6. The summed E-state index contributed by atoms with van der Waals surface area (Å²) in [5.41, 5.74) is 3.19. The van der Waals surface area contributed by atoms with Crippen molar-refractivity contribution in [2.45, 2.75) is 85.6 Å². The molecular formula is C30H42S6. The summed E-state index contributed by atoms with van der Waals surface area (Å²) in [6, 6.07) is 21.8. The zero-order valence-electron chi connectivity index (χ0n) is 22.9. The zero-order valence-corrected chi connectivity index (χ0v) is 27.9. The van der Waals surface area contributed by atoms with Crippen LogP contribution in [-0.4, -0.2) is 9.16 Å². The molecule has 0 spiro atoms.